The lowest BCUT2D eigenvalue weighted by Crippen LogP contribution is -2.04. The topological polar surface area (TPSA) is 17.1 Å². The van der Waals surface area contributed by atoms with Crippen LogP contribution < -0.4 is 0 Å². The predicted molar refractivity (Wildman–Crippen MR) is 147 cm³/mol. The molecule has 0 bridgehead atoms. The van der Waals surface area contributed by atoms with Gasteiger partial charge >= 0.3 is 0 Å². The highest BCUT2D eigenvalue weighted by Crippen LogP contribution is 2.56. The summed E-state index contributed by atoms with van der Waals surface area (Å²) in [4.78, 5) is 9.19. The first kappa shape index (κ1) is 24.0. The minimum absolute atomic E-state index is 0.455. The Kier molecular flexibility index (Phi) is 6.68. The Morgan fingerprint density at radius 1 is 0.500 bits per heavy atom. The summed E-state index contributed by atoms with van der Waals surface area (Å²) in [5.41, 5.74) is 0. The van der Waals surface area contributed by atoms with E-state index in [1.165, 1.54) is 0 Å². The van der Waals surface area contributed by atoms with Gasteiger partial charge in [0.2, 0.25) is 0 Å². The van der Waals surface area contributed by atoms with Crippen molar-refractivity contribution in [2.45, 2.75) is 49.0 Å². The van der Waals surface area contributed by atoms with Crippen LogP contribution in [0.25, 0.3) is 0 Å². The lowest BCUT2D eigenvalue weighted by atomic mass is 10.3. The number of halogens is 4. The number of hydrogen-bond donors (Lipinski definition) is 0. The second kappa shape index (κ2) is 9.47. The van der Waals surface area contributed by atoms with Crippen LogP contribution in [0.2, 0.25) is 20.1 Å². The molecule has 4 aromatic rings. The van der Waals surface area contributed by atoms with Gasteiger partial charge in [0.05, 0.1) is 30.6 Å². The Morgan fingerprint density at radius 3 is 1.35 bits per heavy atom. The molecule has 0 aliphatic carbocycles. The van der Waals surface area contributed by atoms with Crippen LogP contribution in [-0.2, 0) is 10.8 Å². The van der Waals surface area contributed by atoms with Crippen LogP contribution in [0, 0.1) is 0 Å². The van der Waals surface area contributed by atoms with Crippen molar-refractivity contribution in [3.05, 3.63) is 80.8 Å². The summed E-state index contributed by atoms with van der Waals surface area (Å²) in [6.07, 6.45) is 0. The highest BCUT2D eigenvalue weighted by Gasteiger charge is 2.30. The number of rotatable bonds is 2. The molecule has 6 rings (SSSR count). The maximum Gasteiger partial charge on any atom is 0.0904 e. The first-order chi connectivity index (χ1) is 16.4. The van der Waals surface area contributed by atoms with Crippen molar-refractivity contribution in [2.75, 3.05) is 0 Å². The third kappa shape index (κ3) is 4.23. The van der Waals surface area contributed by atoms with Gasteiger partial charge in [-0.25, -0.2) is 4.21 Å². The fourth-order valence-electron chi connectivity index (χ4n) is 3.59. The molecule has 0 aromatic heterocycles. The van der Waals surface area contributed by atoms with Gasteiger partial charge in [0, 0.05) is 49.2 Å². The van der Waals surface area contributed by atoms with Gasteiger partial charge in [-0.3, -0.25) is 0 Å². The predicted octanol–water partition coefficient (Wildman–Crippen LogP) is 10.7. The molecule has 0 amide bonds. The van der Waals surface area contributed by atoms with E-state index in [4.69, 9.17) is 46.4 Å². The monoisotopic (exact) mass is 614 g/mol. The first-order valence-corrected chi connectivity index (χ1v) is 15.7. The van der Waals surface area contributed by atoms with E-state index in [0.29, 0.717) is 29.9 Å². The zero-order valence-electron chi connectivity index (χ0n) is 16.7. The van der Waals surface area contributed by atoms with Crippen LogP contribution in [-0.4, -0.2) is 4.21 Å². The van der Waals surface area contributed by atoms with Crippen molar-refractivity contribution in [3.8, 4) is 0 Å². The van der Waals surface area contributed by atoms with Gasteiger partial charge in [-0.2, -0.15) is 0 Å². The lowest BCUT2D eigenvalue weighted by Gasteiger charge is -2.24. The molecule has 4 aromatic carbocycles. The molecule has 0 unspecified atom stereocenters. The first-order valence-electron chi connectivity index (χ1n) is 9.76. The van der Waals surface area contributed by atoms with E-state index in [1.807, 2.05) is 48.5 Å². The number of hydrogen-bond acceptors (Lipinski definition) is 5. The molecule has 0 N–H and O–H groups in total. The molecule has 0 saturated carbocycles. The van der Waals surface area contributed by atoms with Gasteiger partial charge in [-0.15, -0.1) is 0 Å². The van der Waals surface area contributed by atoms with E-state index in [9.17, 15) is 4.21 Å². The van der Waals surface area contributed by atoms with Crippen LogP contribution in [0.15, 0.2) is 110 Å². The van der Waals surface area contributed by atoms with Crippen LogP contribution in [0.1, 0.15) is 0 Å². The average molecular weight is 616 g/mol. The average Bonchev–Trinajstić information content (AvgIpc) is 2.81. The molecule has 10 heteroatoms. The van der Waals surface area contributed by atoms with Crippen molar-refractivity contribution in [3.63, 3.8) is 0 Å². The molecule has 170 valence electrons. The Hall–Kier alpha value is -0.410. The quantitative estimate of drug-likeness (QED) is 0.192. The highest BCUT2D eigenvalue weighted by molar-refractivity contribution is 8.06. The summed E-state index contributed by atoms with van der Waals surface area (Å²) < 4.78 is 14.2. The minimum atomic E-state index is -1.60. The third-order valence-electron chi connectivity index (χ3n) is 5.10. The van der Waals surface area contributed by atoms with E-state index in [1.54, 1.807) is 59.2 Å². The fraction of sp³-hybridized carbons (Fsp3) is 0. The van der Waals surface area contributed by atoms with Crippen LogP contribution in [0.3, 0.4) is 0 Å². The Bertz CT molecular complexity index is 1430. The summed E-state index contributed by atoms with van der Waals surface area (Å²) in [6, 6.07) is 19.1. The molecule has 2 heterocycles. The zero-order valence-corrected chi connectivity index (χ0v) is 23.8. The normalized spacial score (nSPS) is 13.8. The van der Waals surface area contributed by atoms with Gasteiger partial charge in [0.1, 0.15) is 0 Å². The van der Waals surface area contributed by atoms with Gasteiger partial charge in [0.15, 0.2) is 0 Å². The van der Waals surface area contributed by atoms with Crippen LogP contribution in [0.5, 0.6) is 0 Å². The Balaban J connectivity index is 1.48. The largest absolute Gasteiger partial charge is 0.249 e. The van der Waals surface area contributed by atoms with Crippen molar-refractivity contribution in [1.82, 2.24) is 0 Å². The fourth-order valence-corrected chi connectivity index (χ4v) is 11.6. The molecule has 2 aliphatic rings. The Morgan fingerprint density at radius 2 is 0.912 bits per heavy atom. The smallest absolute Gasteiger partial charge is 0.0904 e. The maximum absolute atomic E-state index is 14.2. The molecule has 2 aliphatic heterocycles. The van der Waals surface area contributed by atoms with E-state index in [-0.39, 0.29) is 0 Å². The molecular weight excluding hydrogens is 606 g/mol. The van der Waals surface area contributed by atoms with Gasteiger partial charge in [-0.05, 0) is 60.7 Å². The molecule has 1 nitrogen and oxygen atoms in total. The van der Waals surface area contributed by atoms with E-state index >= 15 is 0 Å². The standard InChI is InChI=1S/C24H10Cl4OS5/c25-11-1-5-15-19(9-11)30-17-7-3-13(27)23(21(17)32-15)34(29)24-14(28)4-8-18-22(24)33-16-6-2-12(26)10-20(16)31-18/h1-10H. The summed E-state index contributed by atoms with van der Waals surface area (Å²) in [5, 5.41) is 2.28. The number of benzene rings is 4. The Labute approximate surface area is 236 Å². The van der Waals surface area contributed by atoms with Crippen molar-refractivity contribution < 1.29 is 4.21 Å². The molecule has 0 saturated heterocycles. The van der Waals surface area contributed by atoms with Gasteiger partial charge < -0.3 is 0 Å². The highest BCUT2D eigenvalue weighted by atomic mass is 35.5. The summed E-state index contributed by atoms with van der Waals surface area (Å²) >= 11 is 32.1. The molecule has 0 fully saturated rings. The second-order valence-electron chi connectivity index (χ2n) is 7.27. The third-order valence-corrected chi connectivity index (χ3v) is 13.4. The summed E-state index contributed by atoms with van der Waals surface area (Å²) in [6.45, 7) is 0. The van der Waals surface area contributed by atoms with E-state index in [0.717, 1.165) is 39.2 Å². The maximum atomic E-state index is 14.2. The minimum Gasteiger partial charge on any atom is -0.249 e. The van der Waals surface area contributed by atoms with Gasteiger partial charge in [0.25, 0.3) is 0 Å². The second-order valence-corrected chi connectivity index (χ2v) is 14.6. The molecule has 0 spiro atoms. The molecular formula is C24H10Cl4OS5. The van der Waals surface area contributed by atoms with Crippen LogP contribution >= 0.6 is 93.5 Å². The number of fused-ring (bicyclic) bond motifs is 4. The van der Waals surface area contributed by atoms with E-state index < -0.39 is 10.8 Å². The van der Waals surface area contributed by atoms with Crippen molar-refractivity contribution in [1.29, 1.82) is 0 Å². The van der Waals surface area contributed by atoms with Crippen LogP contribution in [0.4, 0.5) is 0 Å². The van der Waals surface area contributed by atoms with Crippen molar-refractivity contribution in [2.24, 2.45) is 0 Å². The SMILES string of the molecule is O=S(c1c(Cl)ccc2c1Sc1ccc(Cl)cc1S2)c1c(Cl)ccc2c1Sc1ccc(Cl)cc1S2. The summed E-state index contributed by atoms with van der Waals surface area (Å²) in [7, 11) is -1.60. The summed E-state index contributed by atoms with van der Waals surface area (Å²) in [5.74, 6) is 0. The molecule has 34 heavy (non-hydrogen) atoms. The zero-order chi connectivity index (χ0) is 23.6. The lowest BCUT2D eigenvalue weighted by molar-refractivity contribution is 0.679. The molecule has 0 radical (unpaired) electrons. The van der Waals surface area contributed by atoms with Crippen molar-refractivity contribution >= 4 is 104 Å². The molecule has 0 atom stereocenters. The van der Waals surface area contributed by atoms with E-state index in [2.05, 4.69) is 0 Å². The van der Waals surface area contributed by atoms with Gasteiger partial charge in [-0.1, -0.05) is 93.5 Å².